The van der Waals surface area contributed by atoms with E-state index < -0.39 is 39.8 Å². The number of H-pyrrole nitrogens is 1. The maximum absolute atomic E-state index is 14.9. The molecule has 0 aliphatic carbocycles. The third-order valence-electron chi connectivity index (χ3n) is 8.13. The number of aromatic nitrogens is 1. The zero-order chi connectivity index (χ0) is 33.9. The second-order valence-electron chi connectivity index (χ2n) is 11.5. The molecule has 3 N–H and O–H groups in total. The molecule has 0 saturated carbocycles. The Morgan fingerprint density at radius 1 is 0.809 bits per heavy atom. The van der Waals surface area contributed by atoms with Crippen LogP contribution in [0, 0.1) is 13.8 Å². The van der Waals surface area contributed by atoms with E-state index in [4.69, 9.17) is 17.3 Å². The van der Waals surface area contributed by atoms with E-state index in [1.165, 1.54) is 36.2 Å². The van der Waals surface area contributed by atoms with Crippen molar-refractivity contribution in [1.29, 1.82) is 0 Å². The van der Waals surface area contributed by atoms with Gasteiger partial charge in [-0.2, -0.15) is 0 Å². The molecular formula is C36H35ClN4O5S. The van der Waals surface area contributed by atoms with Gasteiger partial charge in [0.2, 0.25) is 5.91 Å². The van der Waals surface area contributed by atoms with Gasteiger partial charge in [0.1, 0.15) is 12.1 Å². The molecule has 0 radical (unpaired) electrons. The number of para-hydroxylation sites is 1. The number of nitrogens with one attached hydrogen (secondary N) is 1. The van der Waals surface area contributed by atoms with Crippen LogP contribution in [0.4, 0.5) is 0 Å². The van der Waals surface area contributed by atoms with Gasteiger partial charge in [0, 0.05) is 47.6 Å². The van der Waals surface area contributed by atoms with Crippen molar-refractivity contribution in [2.24, 2.45) is 5.73 Å². The quantitative estimate of drug-likeness (QED) is 0.193. The summed E-state index contributed by atoms with van der Waals surface area (Å²) in [5, 5.41) is 1.08. The van der Waals surface area contributed by atoms with E-state index in [9.17, 15) is 22.8 Å². The first kappa shape index (κ1) is 33.4. The molecule has 0 aliphatic heterocycles. The maximum Gasteiger partial charge on any atom is 0.267 e. The van der Waals surface area contributed by atoms with E-state index in [1.54, 1.807) is 48.7 Å². The molecule has 0 aliphatic rings. The Morgan fingerprint density at radius 2 is 1.40 bits per heavy atom. The fourth-order valence-electron chi connectivity index (χ4n) is 5.81. The normalized spacial score (nSPS) is 12.8. The number of rotatable bonds is 11. The van der Waals surface area contributed by atoms with E-state index in [1.807, 2.05) is 44.2 Å². The highest BCUT2D eigenvalue weighted by molar-refractivity contribution is 7.89. The summed E-state index contributed by atoms with van der Waals surface area (Å²) in [7, 11) is -3.25. The van der Waals surface area contributed by atoms with Crippen molar-refractivity contribution in [2.45, 2.75) is 43.7 Å². The Hall–Kier alpha value is -4.93. The van der Waals surface area contributed by atoms with Crippen LogP contribution < -0.4 is 5.73 Å². The summed E-state index contributed by atoms with van der Waals surface area (Å²) >= 11 is 6.52. The molecule has 0 spiro atoms. The summed E-state index contributed by atoms with van der Waals surface area (Å²) < 4.78 is 29.4. The van der Waals surface area contributed by atoms with E-state index in [0.717, 1.165) is 22.0 Å². The molecule has 5 rings (SSSR count). The van der Waals surface area contributed by atoms with Crippen LogP contribution in [0.25, 0.3) is 10.9 Å². The smallest absolute Gasteiger partial charge is 0.267 e. The summed E-state index contributed by atoms with van der Waals surface area (Å²) in [6.45, 7) is 3.71. The van der Waals surface area contributed by atoms with Crippen LogP contribution in [0.3, 0.4) is 0 Å². The minimum Gasteiger partial charge on any atom is -0.368 e. The Bertz CT molecular complexity index is 2040. The predicted molar refractivity (Wildman–Crippen MR) is 182 cm³/mol. The topological polar surface area (TPSA) is 134 Å². The number of nitrogens with zero attached hydrogens (tertiary/aromatic N) is 2. The molecule has 2 atom stereocenters. The van der Waals surface area contributed by atoms with E-state index in [2.05, 4.69) is 4.98 Å². The number of primary amides is 1. The third-order valence-corrected chi connectivity index (χ3v) is 10.3. The first-order valence-electron chi connectivity index (χ1n) is 14.9. The lowest BCUT2D eigenvalue weighted by Gasteiger charge is -2.35. The van der Waals surface area contributed by atoms with E-state index in [0.29, 0.717) is 26.0 Å². The highest BCUT2D eigenvalue weighted by Crippen LogP contribution is 2.28. The minimum absolute atomic E-state index is 0.134. The second-order valence-corrected chi connectivity index (χ2v) is 13.8. The summed E-state index contributed by atoms with van der Waals surface area (Å²) in [5.74, 6) is -2.54. The first-order valence-corrected chi connectivity index (χ1v) is 16.8. The van der Waals surface area contributed by atoms with Crippen molar-refractivity contribution in [3.63, 3.8) is 0 Å². The molecule has 9 nitrogen and oxygen atoms in total. The highest BCUT2D eigenvalue weighted by Gasteiger charge is 2.44. The van der Waals surface area contributed by atoms with Crippen LogP contribution in [-0.2, 0) is 32.5 Å². The number of nitrogens with two attached hydrogens (primary N) is 1. The Balaban J connectivity index is 1.67. The van der Waals surface area contributed by atoms with Gasteiger partial charge >= 0.3 is 0 Å². The Kier molecular flexibility index (Phi) is 9.83. The van der Waals surface area contributed by atoms with Crippen LogP contribution in [0.5, 0.6) is 0 Å². The monoisotopic (exact) mass is 670 g/mol. The number of hydrogen-bond acceptors (Lipinski definition) is 5. The molecule has 1 heterocycles. The standard InChI is InChI=1S/C36H35ClN4O5S/c1-23-17-24(2)19-26(18-23)35(43)40(3)33(20-25-11-7-9-15-30(25)37)36(44)41(47(45,46)28-12-5-4-6-13-28)32(34(38)42)21-27-22-39-31-16-10-8-14-29(27)31/h4-19,22,32-33,39H,20-21H2,1-3H3,(H2,38,42)/t32-,33-/m0/s1. The van der Waals surface area contributed by atoms with Crippen LogP contribution in [-0.4, -0.2) is 59.5 Å². The molecule has 11 heteroatoms. The molecule has 3 amide bonds. The predicted octanol–water partition coefficient (Wildman–Crippen LogP) is 5.44. The fraction of sp³-hybridized carbons (Fsp3) is 0.194. The van der Waals surface area contributed by atoms with E-state index >= 15 is 0 Å². The van der Waals surface area contributed by atoms with Crippen molar-refractivity contribution in [3.05, 3.63) is 136 Å². The number of aromatic amines is 1. The number of aryl methyl sites for hydroxylation is 2. The second kappa shape index (κ2) is 13.8. The van der Waals surface area contributed by atoms with Crippen LogP contribution in [0.1, 0.15) is 32.6 Å². The zero-order valence-electron chi connectivity index (χ0n) is 26.2. The molecule has 242 valence electrons. The Labute approximate surface area is 279 Å². The highest BCUT2D eigenvalue weighted by atomic mass is 35.5. The maximum atomic E-state index is 14.9. The van der Waals surface area contributed by atoms with Gasteiger partial charge in [-0.3, -0.25) is 14.4 Å². The average molecular weight is 671 g/mol. The molecule has 5 aromatic rings. The number of halogens is 1. The number of sulfonamides is 1. The summed E-state index contributed by atoms with van der Waals surface area (Å²) in [6, 6.07) is 23.8. The van der Waals surface area contributed by atoms with Gasteiger partial charge in [0.25, 0.3) is 21.8 Å². The van der Waals surface area contributed by atoms with Gasteiger partial charge in [0.15, 0.2) is 0 Å². The lowest BCUT2D eigenvalue weighted by atomic mass is 10.00. The molecule has 0 bridgehead atoms. The minimum atomic E-state index is -4.68. The van der Waals surface area contributed by atoms with Gasteiger partial charge in [-0.25, -0.2) is 12.7 Å². The molecular weight excluding hydrogens is 636 g/mol. The van der Waals surface area contributed by atoms with Crippen LogP contribution in [0.15, 0.2) is 108 Å². The van der Waals surface area contributed by atoms with Crippen molar-refractivity contribution < 1.29 is 22.8 Å². The largest absolute Gasteiger partial charge is 0.368 e. The number of carbonyl (C=O) groups excluding carboxylic acids is 3. The summed E-state index contributed by atoms with van der Waals surface area (Å²) in [5.41, 5.74) is 9.82. The van der Waals surface area contributed by atoms with Gasteiger partial charge in [0.05, 0.1) is 4.90 Å². The van der Waals surface area contributed by atoms with Gasteiger partial charge < -0.3 is 15.6 Å². The molecule has 0 saturated heterocycles. The van der Waals surface area contributed by atoms with Gasteiger partial charge in [-0.15, -0.1) is 0 Å². The van der Waals surface area contributed by atoms with Gasteiger partial charge in [-0.1, -0.05) is 83.4 Å². The third kappa shape index (κ3) is 7.08. The molecule has 47 heavy (non-hydrogen) atoms. The summed E-state index contributed by atoms with van der Waals surface area (Å²) in [6.07, 6.45) is 1.32. The molecule has 1 aromatic heterocycles. The van der Waals surface area contributed by atoms with Crippen molar-refractivity contribution in [3.8, 4) is 0 Å². The van der Waals surface area contributed by atoms with Crippen molar-refractivity contribution in [2.75, 3.05) is 7.05 Å². The number of hydrogen-bond donors (Lipinski definition) is 2. The average Bonchev–Trinajstić information content (AvgIpc) is 3.45. The SMILES string of the molecule is Cc1cc(C)cc(C(=O)N(C)[C@@H](Cc2ccccc2Cl)C(=O)N([C@@H](Cc2c[nH]c3ccccc23)C(N)=O)S(=O)(=O)c2ccccc2)c1. The van der Waals surface area contributed by atoms with E-state index in [-0.39, 0.29) is 17.7 Å². The van der Waals surface area contributed by atoms with Gasteiger partial charge in [-0.05, 0) is 61.4 Å². The van der Waals surface area contributed by atoms with Crippen LogP contribution >= 0.6 is 11.6 Å². The molecule has 0 fully saturated rings. The lowest BCUT2D eigenvalue weighted by molar-refractivity contribution is -0.137. The fourth-order valence-corrected chi connectivity index (χ4v) is 7.62. The number of likely N-dealkylation sites (N-methyl/N-ethyl adjacent to an activating group) is 1. The Morgan fingerprint density at radius 3 is 2.06 bits per heavy atom. The lowest BCUT2D eigenvalue weighted by Crippen LogP contribution is -2.58. The van der Waals surface area contributed by atoms with Crippen molar-refractivity contribution in [1.82, 2.24) is 14.2 Å². The number of amides is 3. The number of fused-ring (bicyclic) bond motifs is 1. The first-order chi connectivity index (χ1) is 22.4. The zero-order valence-corrected chi connectivity index (χ0v) is 27.8. The van der Waals surface area contributed by atoms with Crippen LogP contribution in [0.2, 0.25) is 5.02 Å². The molecule has 0 unspecified atom stereocenters. The number of benzene rings is 4. The van der Waals surface area contributed by atoms with Crippen molar-refractivity contribution >= 4 is 50.2 Å². The summed E-state index contributed by atoms with van der Waals surface area (Å²) in [4.78, 5) is 46.3. The number of carbonyl (C=O) groups is 3. The molecule has 4 aromatic carbocycles.